The van der Waals surface area contributed by atoms with E-state index in [0.29, 0.717) is 30.4 Å². The standard InChI is InChI=1S/C22H19BrO4/c23-16-8-6-14(7-9-16)19-13-26-20-12-17(10-11-18(20)21(19)24)27-22(25)15-4-2-1-3-5-15/h1-9,13,17-18,20H,10-12H2. The molecule has 138 valence electrons. The van der Waals surface area contributed by atoms with Crippen LogP contribution in [-0.4, -0.2) is 24.0 Å². The fourth-order valence-corrected chi connectivity index (χ4v) is 3.96. The monoisotopic (exact) mass is 426 g/mol. The van der Waals surface area contributed by atoms with Gasteiger partial charge in [0.15, 0.2) is 5.78 Å². The summed E-state index contributed by atoms with van der Waals surface area (Å²) in [4.78, 5) is 25.2. The van der Waals surface area contributed by atoms with Crippen LogP contribution in [0, 0.1) is 5.92 Å². The largest absolute Gasteiger partial charge is 0.496 e. The van der Waals surface area contributed by atoms with Gasteiger partial charge in [-0.25, -0.2) is 4.79 Å². The summed E-state index contributed by atoms with van der Waals surface area (Å²) in [6.45, 7) is 0. The normalized spacial score (nSPS) is 24.4. The minimum Gasteiger partial charge on any atom is -0.496 e. The highest BCUT2D eigenvalue weighted by atomic mass is 79.9. The number of fused-ring (bicyclic) bond motifs is 1. The number of ether oxygens (including phenoxy) is 2. The van der Waals surface area contributed by atoms with Crippen LogP contribution in [0.4, 0.5) is 0 Å². The summed E-state index contributed by atoms with van der Waals surface area (Å²) in [6, 6.07) is 16.6. The van der Waals surface area contributed by atoms with Crippen LogP contribution in [0.2, 0.25) is 0 Å². The number of ketones is 1. The summed E-state index contributed by atoms with van der Waals surface area (Å²) in [5.74, 6) is -0.394. The van der Waals surface area contributed by atoms with Crippen LogP contribution in [-0.2, 0) is 14.3 Å². The van der Waals surface area contributed by atoms with Gasteiger partial charge in [0.05, 0.1) is 23.3 Å². The van der Waals surface area contributed by atoms with Crippen molar-refractivity contribution in [1.82, 2.24) is 0 Å². The van der Waals surface area contributed by atoms with Gasteiger partial charge in [0.1, 0.15) is 12.2 Å². The molecule has 0 bridgehead atoms. The minimum absolute atomic E-state index is 0.112. The van der Waals surface area contributed by atoms with Crippen LogP contribution in [0.5, 0.6) is 0 Å². The van der Waals surface area contributed by atoms with E-state index in [0.717, 1.165) is 10.0 Å². The van der Waals surface area contributed by atoms with Crippen LogP contribution in [0.15, 0.2) is 65.3 Å². The number of benzene rings is 2. The van der Waals surface area contributed by atoms with Gasteiger partial charge < -0.3 is 9.47 Å². The number of esters is 1. The molecule has 0 radical (unpaired) electrons. The van der Waals surface area contributed by atoms with Crippen molar-refractivity contribution in [2.45, 2.75) is 31.5 Å². The summed E-state index contributed by atoms with van der Waals surface area (Å²) in [5, 5.41) is 0. The number of allylic oxidation sites excluding steroid dienone is 1. The predicted octanol–water partition coefficient (Wildman–Crippen LogP) is 4.78. The molecule has 3 atom stereocenters. The van der Waals surface area contributed by atoms with Gasteiger partial charge in [0, 0.05) is 10.9 Å². The molecule has 1 heterocycles. The molecule has 2 aromatic rings. The van der Waals surface area contributed by atoms with Crippen LogP contribution in [0.1, 0.15) is 35.2 Å². The molecule has 0 N–H and O–H groups in total. The zero-order valence-corrected chi connectivity index (χ0v) is 16.2. The number of halogens is 1. The van der Waals surface area contributed by atoms with E-state index < -0.39 is 0 Å². The molecule has 2 aromatic carbocycles. The van der Waals surface area contributed by atoms with Crippen molar-refractivity contribution in [3.63, 3.8) is 0 Å². The molecule has 0 amide bonds. The zero-order chi connectivity index (χ0) is 18.8. The molecule has 4 nitrogen and oxygen atoms in total. The molecular weight excluding hydrogens is 408 g/mol. The Balaban J connectivity index is 1.43. The Hall–Kier alpha value is -2.40. The Kier molecular flexibility index (Phi) is 5.12. The van der Waals surface area contributed by atoms with Gasteiger partial charge in [-0.2, -0.15) is 0 Å². The molecule has 27 heavy (non-hydrogen) atoms. The highest BCUT2D eigenvalue weighted by Gasteiger charge is 2.41. The third-order valence-corrected chi connectivity index (χ3v) is 5.67. The van der Waals surface area contributed by atoms with Gasteiger partial charge in [-0.15, -0.1) is 0 Å². The van der Waals surface area contributed by atoms with Gasteiger partial charge in [-0.3, -0.25) is 4.79 Å². The Labute approximate surface area is 166 Å². The first-order valence-electron chi connectivity index (χ1n) is 9.03. The van der Waals surface area contributed by atoms with Crippen LogP contribution in [0.25, 0.3) is 5.57 Å². The highest BCUT2D eigenvalue weighted by molar-refractivity contribution is 9.10. The fourth-order valence-electron chi connectivity index (χ4n) is 3.70. The average molecular weight is 427 g/mol. The highest BCUT2D eigenvalue weighted by Crippen LogP contribution is 2.37. The number of carbonyl (C=O) groups is 2. The summed E-state index contributed by atoms with van der Waals surface area (Å²) in [6.07, 6.45) is 2.97. The van der Waals surface area contributed by atoms with E-state index in [1.54, 1.807) is 18.4 Å². The van der Waals surface area contributed by atoms with Gasteiger partial charge in [-0.1, -0.05) is 46.3 Å². The lowest BCUT2D eigenvalue weighted by atomic mass is 9.78. The number of hydrogen-bond donors (Lipinski definition) is 0. The second-order valence-corrected chi connectivity index (χ2v) is 7.81. The Morgan fingerprint density at radius 3 is 2.52 bits per heavy atom. The van der Waals surface area contributed by atoms with Crippen molar-refractivity contribution < 1.29 is 19.1 Å². The first-order valence-corrected chi connectivity index (χ1v) is 9.83. The second kappa shape index (κ2) is 7.69. The fraction of sp³-hybridized carbons (Fsp3) is 0.273. The lowest BCUT2D eigenvalue weighted by Crippen LogP contribution is -2.41. The summed E-state index contributed by atoms with van der Waals surface area (Å²) < 4.78 is 12.5. The molecule has 3 unspecified atom stereocenters. The molecule has 1 fully saturated rings. The number of carbonyl (C=O) groups excluding carboxylic acids is 2. The third-order valence-electron chi connectivity index (χ3n) is 5.14. The summed E-state index contributed by atoms with van der Waals surface area (Å²) in [7, 11) is 0. The maximum Gasteiger partial charge on any atom is 0.338 e. The van der Waals surface area contributed by atoms with Gasteiger partial charge in [0.2, 0.25) is 0 Å². The Bertz CT molecular complexity index is 873. The summed E-state index contributed by atoms with van der Waals surface area (Å²) >= 11 is 3.41. The Morgan fingerprint density at radius 2 is 1.78 bits per heavy atom. The van der Waals surface area contributed by atoms with E-state index >= 15 is 0 Å². The van der Waals surface area contributed by atoms with Crippen molar-refractivity contribution >= 4 is 33.3 Å². The number of Topliss-reactive ketones (excluding diaryl/α,β-unsaturated/α-hetero) is 1. The van der Waals surface area contributed by atoms with Gasteiger partial charge in [-0.05, 0) is 42.7 Å². The van der Waals surface area contributed by atoms with Gasteiger partial charge >= 0.3 is 5.97 Å². The van der Waals surface area contributed by atoms with E-state index in [1.807, 2.05) is 42.5 Å². The lowest BCUT2D eigenvalue weighted by Gasteiger charge is -2.37. The minimum atomic E-state index is -0.327. The molecule has 1 saturated carbocycles. The van der Waals surface area contributed by atoms with E-state index in [-0.39, 0.29) is 29.9 Å². The molecule has 0 spiro atoms. The molecule has 0 saturated heterocycles. The smallest absolute Gasteiger partial charge is 0.338 e. The quantitative estimate of drug-likeness (QED) is 0.662. The molecular formula is C22H19BrO4. The van der Waals surface area contributed by atoms with Crippen molar-refractivity contribution in [3.05, 3.63) is 76.5 Å². The van der Waals surface area contributed by atoms with Crippen molar-refractivity contribution in [1.29, 1.82) is 0 Å². The zero-order valence-electron chi connectivity index (χ0n) is 14.6. The van der Waals surface area contributed by atoms with Crippen LogP contribution >= 0.6 is 15.9 Å². The molecule has 1 aliphatic heterocycles. The molecule has 0 aromatic heterocycles. The average Bonchev–Trinajstić information content (AvgIpc) is 2.70. The van der Waals surface area contributed by atoms with Crippen molar-refractivity contribution in [2.24, 2.45) is 5.92 Å². The van der Waals surface area contributed by atoms with Crippen molar-refractivity contribution in [3.8, 4) is 0 Å². The second-order valence-electron chi connectivity index (χ2n) is 6.89. The lowest BCUT2D eigenvalue weighted by molar-refractivity contribution is -0.126. The summed E-state index contributed by atoms with van der Waals surface area (Å²) in [5.41, 5.74) is 2.01. The molecule has 4 rings (SSSR count). The van der Waals surface area contributed by atoms with Crippen molar-refractivity contribution in [2.75, 3.05) is 0 Å². The van der Waals surface area contributed by atoms with E-state index in [1.165, 1.54) is 0 Å². The molecule has 2 aliphatic rings. The molecule has 1 aliphatic carbocycles. The number of hydrogen-bond acceptors (Lipinski definition) is 4. The topological polar surface area (TPSA) is 52.6 Å². The SMILES string of the molecule is O=C(OC1CCC2C(=O)C(c3ccc(Br)cc3)=COC2C1)c1ccccc1. The third kappa shape index (κ3) is 3.83. The number of rotatable bonds is 3. The first kappa shape index (κ1) is 18.0. The van der Waals surface area contributed by atoms with E-state index in [2.05, 4.69) is 15.9 Å². The van der Waals surface area contributed by atoms with Crippen LogP contribution in [0.3, 0.4) is 0 Å². The maximum atomic E-state index is 12.9. The predicted molar refractivity (Wildman–Crippen MR) is 105 cm³/mol. The van der Waals surface area contributed by atoms with E-state index in [4.69, 9.17) is 9.47 Å². The maximum absolute atomic E-state index is 12.9. The molecule has 5 heteroatoms. The van der Waals surface area contributed by atoms with Crippen LogP contribution < -0.4 is 0 Å². The van der Waals surface area contributed by atoms with E-state index in [9.17, 15) is 9.59 Å². The Morgan fingerprint density at radius 1 is 1.04 bits per heavy atom. The van der Waals surface area contributed by atoms with Gasteiger partial charge in [0.25, 0.3) is 0 Å². The first-order chi connectivity index (χ1) is 13.1.